The smallest absolute Gasteiger partial charge is 0.0178 e. The molecule has 0 unspecified atom stereocenters. The van der Waals surface area contributed by atoms with E-state index in [0.29, 0.717) is 6.54 Å². The van der Waals surface area contributed by atoms with Gasteiger partial charge in [-0.2, -0.15) is 0 Å². The fraction of sp³-hybridized carbons (Fsp3) is 0.200. The van der Waals surface area contributed by atoms with E-state index in [4.69, 9.17) is 5.73 Å². The molecule has 0 amide bonds. The molecule has 0 bridgehead atoms. The van der Waals surface area contributed by atoms with Crippen LogP contribution in [0, 0.1) is 13.8 Å². The molecule has 0 spiro atoms. The molecule has 0 aliphatic heterocycles. The molecule has 2 aromatic carbocycles. The second-order valence-electron chi connectivity index (χ2n) is 4.22. The molecule has 0 saturated carbocycles. The largest absolute Gasteiger partial charge is 0.326 e. The van der Waals surface area contributed by atoms with Crippen LogP contribution in [0.5, 0.6) is 0 Å². The van der Waals surface area contributed by atoms with Crippen LogP contribution in [0.4, 0.5) is 0 Å². The highest BCUT2D eigenvalue weighted by Crippen LogP contribution is 2.24. The Morgan fingerprint density at radius 3 is 2.19 bits per heavy atom. The lowest BCUT2D eigenvalue weighted by molar-refractivity contribution is 1.07. The summed E-state index contributed by atoms with van der Waals surface area (Å²) in [5.41, 5.74) is 11.9. The summed E-state index contributed by atoms with van der Waals surface area (Å²) in [6.07, 6.45) is 0. The number of hydrogen-bond acceptors (Lipinski definition) is 1. The molecule has 1 heteroatoms. The third-order valence-corrected chi connectivity index (χ3v) is 2.88. The third-order valence-electron chi connectivity index (χ3n) is 2.88. The molecule has 0 fully saturated rings. The van der Waals surface area contributed by atoms with E-state index in [9.17, 15) is 0 Å². The van der Waals surface area contributed by atoms with Crippen molar-refractivity contribution in [1.29, 1.82) is 0 Å². The van der Waals surface area contributed by atoms with Crippen LogP contribution >= 0.6 is 0 Å². The molecule has 0 aliphatic carbocycles. The van der Waals surface area contributed by atoms with E-state index in [1.807, 2.05) is 0 Å². The predicted molar refractivity (Wildman–Crippen MR) is 69.2 cm³/mol. The fourth-order valence-electron chi connectivity index (χ4n) is 1.96. The molecule has 0 saturated heterocycles. The fourth-order valence-corrected chi connectivity index (χ4v) is 1.96. The Morgan fingerprint density at radius 2 is 1.62 bits per heavy atom. The zero-order valence-corrected chi connectivity index (χ0v) is 9.83. The van der Waals surface area contributed by atoms with Crippen molar-refractivity contribution in [3.63, 3.8) is 0 Å². The van der Waals surface area contributed by atoms with Crippen LogP contribution in [0.1, 0.15) is 16.7 Å². The lowest BCUT2D eigenvalue weighted by Crippen LogP contribution is -1.95. The Labute approximate surface area is 96.9 Å². The number of hydrogen-bond donors (Lipinski definition) is 1. The first-order valence-corrected chi connectivity index (χ1v) is 5.57. The first-order valence-electron chi connectivity index (χ1n) is 5.57. The maximum Gasteiger partial charge on any atom is 0.0178 e. The van der Waals surface area contributed by atoms with E-state index >= 15 is 0 Å². The molecular formula is C15H17N. The molecule has 0 atom stereocenters. The summed E-state index contributed by atoms with van der Waals surface area (Å²) in [6, 6.07) is 15.0. The molecule has 0 aromatic heterocycles. The maximum atomic E-state index is 5.59. The van der Waals surface area contributed by atoms with Gasteiger partial charge < -0.3 is 5.73 Å². The molecule has 2 rings (SSSR count). The van der Waals surface area contributed by atoms with Gasteiger partial charge in [0.05, 0.1) is 0 Å². The van der Waals surface area contributed by atoms with E-state index in [1.165, 1.54) is 27.8 Å². The van der Waals surface area contributed by atoms with Gasteiger partial charge in [-0.25, -0.2) is 0 Å². The number of aryl methyl sites for hydroxylation is 2. The standard InChI is InChI=1S/C15H17N/c1-11-3-8-15(12(2)9-11)14-6-4-13(10-16)5-7-14/h3-9H,10,16H2,1-2H3. The maximum absolute atomic E-state index is 5.59. The van der Waals surface area contributed by atoms with E-state index in [0.717, 1.165) is 0 Å². The lowest BCUT2D eigenvalue weighted by atomic mass is 9.98. The minimum atomic E-state index is 0.604. The van der Waals surface area contributed by atoms with Crippen LogP contribution in [0.3, 0.4) is 0 Å². The van der Waals surface area contributed by atoms with Gasteiger partial charge in [0.15, 0.2) is 0 Å². The van der Waals surface area contributed by atoms with Gasteiger partial charge in [-0.05, 0) is 36.1 Å². The van der Waals surface area contributed by atoms with E-state index < -0.39 is 0 Å². The summed E-state index contributed by atoms with van der Waals surface area (Å²) >= 11 is 0. The van der Waals surface area contributed by atoms with Gasteiger partial charge in [-0.1, -0.05) is 48.0 Å². The van der Waals surface area contributed by atoms with Gasteiger partial charge in [-0.3, -0.25) is 0 Å². The van der Waals surface area contributed by atoms with E-state index in [2.05, 4.69) is 56.3 Å². The molecule has 16 heavy (non-hydrogen) atoms. The topological polar surface area (TPSA) is 26.0 Å². The number of benzene rings is 2. The molecule has 0 aliphatic rings. The second kappa shape index (κ2) is 4.50. The summed E-state index contributed by atoms with van der Waals surface area (Å²) in [5.74, 6) is 0. The summed E-state index contributed by atoms with van der Waals surface area (Å²) < 4.78 is 0. The van der Waals surface area contributed by atoms with Gasteiger partial charge in [0.1, 0.15) is 0 Å². The van der Waals surface area contributed by atoms with E-state index in [1.54, 1.807) is 0 Å². The highest BCUT2D eigenvalue weighted by molar-refractivity contribution is 5.67. The van der Waals surface area contributed by atoms with Crippen molar-refractivity contribution in [2.45, 2.75) is 20.4 Å². The monoisotopic (exact) mass is 211 g/mol. The normalized spacial score (nSPS) is 10.4. The summed E-state index contributed by atoms with van der Waals surface area (Å²) in [4.78, 5) is 0. The molecular weight excluding hydrogens is 194 g/mol. The molecule has 2 aromatic rings. The van der Waals surface area contributed by atoms with Crippen LogP contribution in [0.25, 0.3) is 11.1 Å². The predicted octanol–water partition coefficient (Wildman–Crippen LogP) is 3.43. The number of nitrogens with two attached hydrogens (primary N) is 1. The molecule has 0 radical (unpaired) electrons. The Balaban J connectivity index is 2.42. The van der Waals surface area contributed by atoms with Crippen molar-refractivity contribution < 1.29 is 0 Å². The summed E-state index contributed by atoms with van der Waals surface area (Å²) in [7, 11) is 0. The molecule has 0 heterocycles. The van der Waals surface area contributed by atoms with Gasteiger partial charge in [0, 0.05) is 6.54 Å². The Kier molecular flexibility index (Phi) is 3.07. The third kappa shape index (κ3) is 2.15. The molecule has 82 valence electrons. The summed E-state index contributed by atoms with van der Waals surface area (Å²) in [6.45, 7) is 4.88. The van der Waals surface area contributed by atoms with Crippen molar-refractivity contribution in [3.05, 3.63) is 59.2 Å². The van der Waals surface area contributed by atoms with Crippen LogP contribution in [0.2, 0.25) is 0 Å². The zero-order chi connectivity index (χ0) is 11.5. The number of rotatable bonds is 2. The van der Waals surface area contributed by atoms with E-state index in [-0.39, 0.29) is 0 Å². The van der Waals surface area contributed by atoms with Crippen molar-refractivity contribution in [2.24, 2.45) is 5.73 Å². The van der Waals surface area contributed by atoms with Gasteiger partial charge in [-0.15, -0.1) is 0 Å². The quantitative estimate of drug-likeness (QED) is 0.809. The first kappa shape index (κ1) is 10.9. The van der Waals surface area contributed by atoms with Crippen molar-refractivity contribution in [2.75, 3.05) is 0 Å². The van der Waals surface area contributed by atoms with Crippen molar-refractivity contribution in [3.8, 4) is 11.1 Å². The summed E-state index contributed by atoms with van der Waals surface area (Å²) in [5, 5.41) is 0. The average molecular weight is 211 g/mol. The average Bonchev–Trinajstić information content (AvgIpc) is 2.29. The molecule has 2 N–H and O–H groups in total. The van der Waals surface area contributed by atoms with Crippen LogP contribution in [0.15, 0.2) is 42.5 Å². The minimum Gasteiger partial charge on any atom is -0.326 e. The minimum absolute atomic E-state index is 0.604. The second-order valence-corrected chi connectivity index (χ2v) is 4.22. The zero-order valence-electron chi connectivity index (χ0n) is 9.83. The van der Waals surface area contributed by atoms with Gasteiger partial charge >= 0.3 is 0 Å². The highest BCUT2D eigenvalue weighted by atomic mass is 14.5. The first-order chi connectivity index (χ1) is 7.70. The van der Waals surface area contributed by atoms with Crippen molar-refractivity contribution in [1.82, 2.24) is 0 Å². The van der Waals surface area contributed by atoms with Crippen molar-refractivity contribution >= 4 is 0 Å². The Morgan fingerprint density at radius 1 is 0.938 bits per heavy atom. The Hall–Kier alpha value is -1.60. The SMILES string of the molecule is Cc1ccc(-c2ccc(CN)cc2)c(C)c1. The van der Waals surface area contributed by atoms with Crippen LogP contribution in [-0.2, 0) is 6.54 Å². The molecule has 1 nitrogen and oxygen atoms in total. The highest BCUT2D eigenvalue weighted by Gasteiger charge is 2.01. The van der Waals surface area contributed by atoms with Crippen LogP contribution in [-0.4, -0.2) is 0 Å². The van der Waals surface area contributed by atoms with Crippen LogP contribution < -0.4 is 5.73 Å². The lowest BCUT2D eigenvalue weighted by Gasteiger charge is -2.07. The van der Waals surface area contributed by atoms with Gasteiger partial charge in [0.25, 0.3) is 0 Å². The Bertz CT molecular complexity index is 483. The van der Waals surface area contributed by atoms with Gasteiger partial charge in [0.2, 0.25) is 0 Å².